The van der Waals surface area contributed by atoms with Crippen LogP contribution in [0.15, 0.2) is 4.47 Å². The van der Waals surface area contributed by atoms with Crippen LogP contribution in [0.2, 0.25) is 0 Å². The third-order valence-electron chi connectivity index (χ3n) is 3.67. The fourth-order valence-electron chi connectivity index (χ4n) is 2.26. The molecule has 0 saturated heterocycles. The van der Waals surface area contributed by atoms with Gasteiger partial charge in [-0.1, -0.05) is 0 Å². The van der Waals surface area contributed by atoms with E-state index in [1.165, 1.54) is 6.92 Å². The smallest absolute Gasteiger partial charge is 0.344 e. The molecule has 1 saturated carbocycles. The lowest BCUT2D eigenvalue weighted by atomic mass is 10.2. The first-order valence-electron chi connectivity index (χ1n) is 6.69. The van der Waals surface area contributed by atoms with Gasteiger partial charge >= 0.3 is 6.18 Å². The molecule has 0 radical (unpaired) electrons. The number of carbonyl (C=O) groups excluding carboxylic acids is 1. The zero-order chi connectivity index (χ0) is 15.9. The maximum absolute atomic E-state index is 12.8. The largest absolute Gasteiger partial charge is 0.436 e. The fraction of sp³-hybridized carbons (Fsp3) is 0.692. The van der Waals surface area contributed by atoms with Gasteiger partial charge in [0.2, 0.25) is 5.91 Å². The number of hydrogen-bond donors (Lipinski definition) is 0. The Morgan fingerprint density at radius 3 is 2.52 bits per heavy atom. The van der Waals surface area contributed by atoms with Crippen molar-refractivity contribution in [2.45, 2.75) is 38.9 Å². The minimum Gasteiger partial charge on any atom is -0.344 e. The van der Waals surface area contributed by atoms with Gasteiger partial charge in [-0.25, -0.2) is 0 Å². The second kappa shape index (κ2) is 5.62. The molecule has 2 rings (SSSR count). The molecular weight excluding hydrogens is 351 g/mol. The predicted octanol–water partition coefficient (Wildman–Crippen LogP) is 3.40. The third kappa shape index (κ3) is 3.41. The number of aromatic nitrogens is 2. The Kier molecular flexibility index (Phi) is 4.37. The second-order valence-corrected chi connectivity index (χ2v) is 6.32. The maximum atomic E-state index is 12.8. The molecule has 1 aromatic heterocycles. The molecule has 4 nitrogen and oxygen atoms in total. The molecule has 8 heteroatoms. The number of alkyl halides is 3. The fourth-order valence-corrected chi connectivity index (χ4v) is 2.74. The number of amides is 1. The lowest BCUT2D eigenvalue weighted by Crippen LogP contribution is -2.35. The monoisotopic (exact) mass is 367 g/mol. The Labute approximate surface area is 129 Å². The summed E-state index contributed by atoms with van der Waals surface area (Å²) in [7, 11) is 1.68. The van der Waals surface area contributed by atoms with Crippen LogP contribution in [0, 0.1) is 12.8 Å². The molecular formula is C13H17BrF3N3O. The van der Waals surface area contributed by atoms with Crippen molar-refractivity contribution in [3.8, 4) is 0 Å². The predicted molar refractivity (Wildman–Crippen MR) is 74.7 cm³/mol. The molecule has 1 aromatic rings. The highest BCUT2D eigenvalue weighted by Crippen LogP contribution is 2.36. The van der Waals surface area contributed by atoms with E-state index >= 15 is 0 Å². The zero-order valence-corrected chi connectivity index (χ0v) is 13.6. The number of likely N-dealkylation sites (N-methyl/N-ethyl adjacent to an activating group) is 1. The third-order valence-corrected chi connectivity index (χ3v) is 4.62. The highest BCUT2D eigenvalue weighted by atomic mass is 79.9. The molecule has 0 aliphatic heterocycles. The quantitative estimate of drug-likeness (QED) is 0.817. The summed E-state index contributed by atoms with van der Waals surface area (Å²) in [6, 6.07) is -0.763. The van der Waals surface area contributed by atoms with E-state index in [1.54, 1.807) is 18.9 Å². The maximum Gasteiger partial charge on any atom is 0.436 e. The molecule has 1 fully saturated rings. The molecule has 1 aliphatic carbocycles. The first kappa shape index (κ1) is 16.3. The molecule has 1 heterocycles. The van der Waals surface area contributed by atoms with Crippen LogP contribution in [-0.4, -0.2) is 34.2 Å². The topological polar surface area (TPSA) is 38.1 Å². The number of hydrogen-bond acceptors (Lipinski definition) is 2. The standard InChI is InChI=1S/C13H17BrF3N3O/c1-7-10(14)11(13(15,16)17)18-20(7)8(2)12(21)19(3)6-9-4-5-9/h8-9H,4-6H2,1-3H3. The number of nitrogens with zero attached hydrogens (tertiary/aromatic N) is 3. The Morgan fingerprint density at radius 2 is 2.10 bits per heavy atom. The molecule has 1 atom stereocenters. The van der Waals surface area contributed by atoms with Crippen LogP contribution >= 0.6 is 15.9 Å². The molecule has 0 aromatic carbocycles. The Hall–Kier alpha value is -1.05. The highest BCUT2D eigenvalue weighted by molar-refractivity contribution is 9.10. The molecule has 0 spiro atoms. The molecule has 21 heavy (non-hydrogen) atoms. The normalized spacial score (nSPS) is 16.9. The van der Waals surface area contributed by atoms with Crippen LogP contribution in [0.5, 0.6) is 0 Å². The van der Waals surface area contributed by atoms with Crippen molar-refractivity contribution in [2.75, 3.05) is 13.6 Å². The van der Waals surface area contributed by atoms with Crippen molar-refractivity contribution >= 4 is 21.8 Å². The van der Waals surface area contributed by atoms with E-state index in [9.17, 15) is 18.0 Å². The first-order chi connectivity index (χ1) is 9.62. The van der Waals surface area contributed by atoms with Gasteiger partial charge in [-0.15, -0.1) is 0 Å². The molecule has 0 N–H and O–H groups in total. The van der Waals surface area contributed by atoms with Gasteiger partial charge in [0, 0.05) is 13.6 Å². The Morgan fingerprint density at radius 1 is 1.52 bits per heavy atom. The summed E-state index contributed by atoms with van der Waals surface area (Å²) in [5, 5.41) is 3.58. The summed E-state index contributed by atoms with van der Waals surface area (Å²) in [4.78, 5) is 13.9. The van der Waals surface area contributed by atoms with E-state index in [2.05, 4.69) is 21.0 Å². The van der Waals surface area contributed by atoms with E-state index < -0.39 is 17.9 Å². The first-order valence-corrected chi connectivity index (χ1v) is 7.49. The average molecular weight is 368 g/mol. The van der Waals surface area contributed by atoms with E-state index in [0.29, 0.717) is 18.2 Å². The summed E-state index contributed by atoms with van der Waals surface area (Å²) in [5.74, 6) is 0.302. The van der Waals surface area contributed by atoms with Gasteiger partial charge in [-0.2, -0.15) is 18.3 Å². The molecule has 0 bridgehead atoms. The summed E-state index contributed by atoms with van der Waals surface area (Å²) < 4.78 is 39.6. The van der Waals surface area contributed by atoms with Gasteiger partial charge < -0.3 is 4.90 Å². The van der Waals surface area contributed by atoms with Gasteiger partial charge in [-0.05, 0) is 48.5 Å². The summed E-state index contributed by atoms with van der Waals surface area (Å²) >= 11 is 2.91. The summed E-state index contributed by atoms with van der Waals surface area (Å²) in [5.41, 5.74) is -0.701. The van der Waals surface area contributed by atoms with Crippen molar-refractivity contribution in [3.63, 3.8) is 0 Å². The molecule has 1 amide bonds. The number of carbonyl (C=O) groups is 1. The van der Waals surface area contributed by atoms with Crippen LogP contribution in [0.4, 0.5) is 13.2 Å². The minimum atomic E-state index is -4.54. The van der Waals surface area contributed by atoms with Crippen molar-refractivity contribution in [1.29, 1.82) is 0 Å². The number of halogens is 4. The highest BCUT2D eigenvalue weighted by Gasteiger charge is 2.39. The Bertz CT molecular complexity index is 552. The van der Waals surface area contributed by atoms with Gasteiger partial charge in [0.25, 0.3) is 0 Å². The van der Waals surface area contributed by atoms with Crippen molar-refractivity contribution in [3.05, 3.63) is 15.9 Å². The second-order valence-electron chi connectivity index (χ2n) is 5.53. The van der Waals surface area contributed by atoms with E-state index in [1.807, 2.05) is 0 Å². The lowest BCUT2D eigenvalue weighted by Gasteiger charge is -2.22. The molecule has 118 valence electrons. The number of rotatable bonds is 4. The minimum absolute atomic E-state index is 0.112. The van der Waals surface area contributed by atoms with Crippen LogP contribution < -0.4 is 0 Å². The lowest BCUT2D eigenvalue weighted by molar-refractivity contribution is -0.143. The van der Waals surface area contributed by atoms with Crippen LogP contribution in [-0.2, 0) is 11.0 Å². The van der Waals surface area contributed by atoms with Gasteiger partial charge in [-0.3, -0.25) is 9.48 Å². The van der Waals surface area contributed by atoms with Crippen molar-refractivity contribution < 1.29 is 18.0 Å². The van der Waals surface area contributed by atoms with Gasteiger partial charge in [0.1, 0.15) is 6.04 Å². The average Bonchev–Trinajstić information content (AvgIpc) is 3.13. The molecule has 1 aliphatic rings. The van der Waals surface area contributed by atoms with Crippen molar-refractivity contribution in [1.82, 2.24) is 14.7 Å². The molecule has 1 unspecified atom stereocenters. The van der Waals surface area contributed by atoms with Gasteiger partial charge in [0.15, 0.2) is 5.69 Å². The van der Waals surface area contributed by atoms with Crippen LogP contribution in [0.3, 0.4) is 0 Å². The van der Waals surface area contributed by atoms with Gasteiger partial charge in [0.05, 0.1) is 10.2 Å². The Balaban J connectivity index is 2.22. The van der Waals surface area contributed by atoms with Crippen LogP contribution in [0.25, 0.3) is 0 Å². The van der Waals surface area contributed by atoms with E-state index in [0.717, 1.165) is 17.5 Å². The summed E-state index contributed by atoms with van der Waals surface area (Å²) in [6.45, 7) is 3.73. The SMILES string of the molecule is Cc1c(Br)c(C(F)(F)F)nn1C(C)C(=O)N(C)CC1CC1. The van der Waals surface area contributed by atoms with E-state index in [4.69, 9.17) is 0 Å². The van der Waals surface area contributed by atoms with Crippen LogP contribution in [0.1, 0.15) is 37.2 Å². The van der Waals surface area contributed by atoms with Crippen molar-refractivity contribution in [2.24, 2.45) is 5.92 Å². The van der Waals surface area contributed by atoms with E-state index in [-0.39, 0.29) is 10.4 Å². The zero-order valence-electron chi connectivity index (χ0n) is 12.0. The summed E-state index contributed by atoms with van der Waals surface area (Å²) in [6.07, 6.45) is -2.33.